The van der Waals surface area contributed by atoms with E-state index in [0.717, 1.165) is 0 Å². The Labute approximate surface area is 93.6 Å². The number of carbonyl (C=O) groups excluding carboxylic acids is 1. The second kappa shape index (κ2) is 4.49. The van der Waals surface area contributed by atoms with Crippen LogP contribution in [0.1, 0.15) is 34.8 Å². The molecular formula is C10H6BrF2NO. The van der Waals surface area contributed by atoms with Crippen molar-refractivity contribution < 1.29 is 13.6 Å². The molecule has 0 bridgehead atoms. The van der Waals surface area contributed by atoms with E-state index in [4.69, 9.17) is 5.26 Å². The Morgan fingerprint density at radius 1 is 1.53 bits per heavy atom. The molecule has 0 spiro atoms. The highest BCUT2D eigenvalue weighted by atomic mass is 79.9. The highest BCUT2D eigenvalue weighted by Gasteiger charge is 2.22. The van der Waals surface area contributed by atoms with Crippen LogP contribution < -0.4 is 0 Å². The Kier molecular flexibility index (Phi) is 3.53. The Hall–Kier alpha value is -1.28. The van der Waals surface area contributed by atoms with Crippen molar-refractivity contribution in [3.63, 3.8) is 0 Å². The van der Waals surface area contributed by atoms with Gasteiger partial charge in [-0.2, -0.15) is 5.26 Å². The highest BCUT2D eigenvalue weighted by Crippen LogP contribution is 2.31. The van der Waals surface area contributed by atoms with Gasteiger partial charge in [0.1, 0.15) is 6.07 Å². The zero-order valence-corrected chi connectivity index (χ0v) is 9.31. The van der Waals surface area contributed by atoms with Gasteiger partial charge in [-0.05, 0) is 35.0 Å². The zero-order valence-electron chi connectivity index (χ0n) is 7.72. The van der Waals surface area contributed by atoms with E-state index in [2.05, 4.69) is 15.9 Å². The molecular weight excluding hydrogens is 268 g/mol. The van der Waals surface area contributed by atoms with Crippen molar-refractivity contribution in [3.8, 4) is 6.07 Å². The summed E-state index contributed by atoms with van der Waals surface area (Å²) in [6.07, 6.45) is -2.84. The largest absolute Gasteiger partial charge is 0.294 e. The molecule has 0 N–H and O–H groups in total. The average Bonchev–Trinajstić information content (AvgIpc) is 2.16. The van der Waals surface area contributed by atoms with Crippen molar-refractivity contribution in [2.24, 2.45) is 0 Å². The predicted molar refractivity (Wildman–Crippen MR) is 53.8 cm³/mol. The number of nitrogens with zero attached hydrogens (tertiary/aromatic N) is 1. The number of hydrogen-bond donors (Lipinski definition) is 0. The van der Waals surface area contributed by atoms with Crippen molar-refractivity contribution in [3.05, 3.63) is 33.3 Å². The molecule has 5 heteroatoms. The third kappa shape index (κ3) is 2.21. The minimum absolute atomic E-state index is 0.107. The third-order valence-corrected chi connectivity index (χ3v) is 2.56. The Morgan fingerprint density at radius 3 is 2.53 bits per heavy atom. The van der Waals surface area contributed by atoms with E-state index in [9.17, 15) is 13.6 Å². The summed E-state index contributed by atoms with van der Waals surface area (Å²) in [7, 11) is 0. The van der Waals surface area contributed by atoms with Gasteiger partial charge >= 0.3 is 0 Å². The quantitative estimate of drug-likeness (QED) is 0.775. The third-order valence-electron chi connectivity index (χ3n) is 1.90. The molecule has 0 aliphatic carbocycles. The van der Waals surface area contributed by atoms with E-state index in [1.54, 1.807) is 6.07 Å². The van der Waals surface area contributed by atoms with Crippen LogP contribution in [0.4, 0.5) is 8.78 Å². The molecule has 0 saturated heterocycles. The van der Waals surface area contributed by atoms with Gasteiger partial charge in [0.05, 0.1) is 5.56 Å². The Bertz CT molecular complexity index is 451. The summed E-state index contributed by atoms with van der Waals surface area (Å²) in [6.45, 7) is 1.19. The molecule has 0 atom stereocenters. The molecule has 1 aromatic rings. The number of nitriles is 1. The maximum absolute atomic E-state index is 12.7. The van der Waals surface area contributed by atoms with Crippen molar-refractivity contribution >= 4 is 21.7 Å². The molecule has 0 aromatic heterocycles. The number of benzene rings is 1. The molecule has 78 valence electrons. The molecule has 0 fully saturated rings. The summed E-state index contributed by atoms with van der Waals surface area (Å²) in [6, 6.07) is 4.37. The van der Waals surface area contributed by atoms with E-state index in [1.165, 1.54) is 19.1 Å². The normalized spacial score (nSPS) is 10.1. The van der Waals surface area contributed by atoms with Crippen LogP contribution >= 0.6 is 15.9 Å². The number of alkyl halides is 2. The van der Waals surface area contributed by atoms with Crippen LogP contribution in [0.2, 0.25) is 0 Å². The van der Waals surface area contributed by atoms with Crippen LogP contribution in [0.5, 0.6) is 0 Å². The molecule has 1 aromatic carbocycles. The lowest BCUT2D eigenvalue weighted by molar-refractivity contribution is 0.0998. The minimum Gasteiger partial charge on any atom is -0.294 e. The second-order valence-electron chi connectivity index (χ2n) is 2.85. The predicted octanol–water partition coefficient (Wildman–Crippen LogP) is 3.46. The summed E-state index contributed by atoms with van der Waals surface area (Å²) in [5.74, 6) is -0.477. The van der Waals surface area contributed by atoms with Gasteiger partial charge in [-0.25, -0.2) is 8.78 Å². The van der Waals surface area contributed by atoms with Gasteiger partial charge in [0.15, 0.2) is 5.78 Å². The van der Waals surface area contributed by atoms with E-state index in [1.807, 2.05) is 0 Å². The first kappa shape index (κ1) is 11.8. The minimum atomic E-state index is -2.84. The maximum Gasteiger partial charge on any atom is 0.265 e. The smallest absolute Gasteiger partial charge is 0.265 e. The monoisotopic (exact) mass is 273 g/mol. The molecule has 2 nitrogen and oxygen atoms in total. The summed E-state index contributed by atoms with van der Waals surface area (Å²) in [4.78, 5) is 11.1. The van der Waals surface area contributed by atoms with Gasteiger partial charge in [-0.15, -0.1) is 0 Å². The van der Waals surface area contributed by atoms with Crippen molar-refractivity contribution in [2.45, 2.75) is 13.3 Å². The Morgan fingerprint density at radius 2 is 2.13 bits per heavy atom. The van der Waals surface area contributed by atoms with Gasteiger partial charge in [0, 0.05) is 15.6 Å². The van der Waals surface area contributed by atoms with Gasteiger partial charge in [0.2, 0.25) is 0 Å². The van der Waals surface area contributed by atoms with Gasteiger partial charge < -0.3 is 0 Å². The SMILES string of the molecule is CC(=O)c1ccc(Br)c(C#N)c1C(F)F. The standard InChI is InChI=1S/C10H6BrF2NO/c1-5(15)6-2-3-8(11)7(4-14)9(6)10(12)13/h2-3,10H,1H3. The van der Waals surface area contributed by atoms with Crippen molar-refractivity contribution in [2.75, 3.05) is 0 Å². The van der Waals surface area contributed by atoms with E-state index >= 15 is 0 Å². The summed E-state index contributed by atoms with van der Waals surface area (Å²) in [5.41, 5.74) is -0.790. The fraction of sp³-hybridized carbons (Fsp3) is 0.200. The first-order chi connectivity index (χ1) is 6.99. The lowest BCUT2D eigenvalue weighted by Crippen LogP contribution is -2.03. The molecule has 0 radical (unpaired) electrons. The lowest BCUT2D eigenvalue weighted by Gasteiger charge is -2.09. The average molecular weight is 274 g/mol. The van der Waals surface area contributed by atoms with E-state index < -0.39 is 17.8 Å². The molecule has 0 amide bonds. The zero-order chi connectivity index (χ0) is 11.6. The number of Topliss-reactive ketones (excluding diaryl/α,β-unsaturated/α-hetero) is 1. The summed E-state index contributed by atoms with van der Waals surface area (Å²) in [5, 5.41) is 8.73. The number of rotatable bonds is 2. The fourth-order valence-electron chi connectivity index (χ4n) is 1.24. The van der Waals surface area contributed by atoms with Gasteiger partial charge in [-0.1, -0.05) is 0 Å². The lowest BCUT2D eigenvalue weighted by atomic mass is 9.99. The maximum atomic E-state index is 12.7. The van der Waals surface area contributed by atoms with Crippen LogP contribution in [-0.2, 0) is 0 Å². The van der Waals surface area contributed by atoms with Gasteiger partial charge in [-0.3, -0.25) is 4.79 Å². The van der Waals surface area contributed by atoms with Crippen LogP contribution in [0, 0.1) is 11.3 Å². The molecule has 0 saturated carbocycles. The fourth-order valence-corrected chi connectivity index (χ4v) is 1.67. The molecule has 1 rings (SSSR count). The molecule has 0 heterocycles. The number of hydrogen-bond acceptors (Lipinski definition) is 2. The van der Waals surface area contributed by atoms with E-state index in [-0.39, 0.29) is 15.6 Å². The second-order valence-corrected chi connectivity index (χ2v) is 3.71. The summed E-state index contributed by atoms with van der Waals surface area (Å²) < 4.78 is 25.7. The van der Waals surface area contributed by atoms with Crippen molar-refractivity contribution in [1.82, 2.24) is 0 Å². The number of carbonyl (C=O) groups is 1. The highest BCUT2D eigenvalue weighted by molar-refractivity contribution is 9.10. The van der Waals surface area contributed by atoms with E-state index in [0.29, 0.717) is 0 Å². The van der Waals surface area contributed by atoms with Gasteiger partial charge in [0.25, 0.3) is 6.43 Å². The van der Waals surface area contributed by atoms with Crippen LogP contribution in [0.25, 0.3) is 0 Å². The van der Waals surface area contributed by atoms with Crippen LogP contribution in [0.3, 0.4) is 0 Å². The van der Waals surface area contributed by atoms with Crippen molar-refractivity contribution in [1.29, 1.82) is 5.26 Å². The Balaban J connectivity index is 3.58. The number of halogens is 3. The number of ketones is 1. The topological polar surface area (TPSA) is 40.9 Å². The first-order valence-corrected chi connectivity index (χ1v) is 4.80. The molecule has 15 heavy (non-hydrogen) atoms. The molecule has 0 aliphatic heterocycles. The van der Waals surface area contributed by atoms with Crippen LogP contribution in [-0.4, -0.2) is 5.78 Å². The van der Waals surface area contributed by atoms with Crippen LogP contribution in [0.15, 0.2) is 16.6 Å². The first-order valence-electron chi connectivity index (χ1n) is 4.00. The molecule has 0 aliphatic rings. The summed E-state index contributed by atoms with van der Waals surface area (Å²) >= 11 is 2.99. The molecule has 0 unspecified atom stereocenters.